The van der Waals surface area contributed by atoms with E-state index in [2.05, 4.69) is 15.9 Å². The van der Waals surface area contributed by atoms with Crippen LogP contribution in [0, 0.1) is 0 Å². The molecule has 2 N–H and O–H groups in total. The Hall–Kier alpha value is 0.290. The maximum Gasteiger partial charge on any atom is 0.0701 e. The van der Waals surface area contributed by atoms with Gasteiger partial charge in [0.1, 0.15) is 0 Å². The zero-order chi connectivity index (χ0) is 8.97. The summed E-state index contributed by atoms with van der Waals surface area (Å²) in [6, 6.07) is 3.96. The lowest BCUT2D eigenvalue weighted by atomic mass is 10.5. The van der Waals surface area contributed by atoms with Crippen LogP contribution < -0.4 is 5.73 Å². The second-order valence-electron chi connectivity index (χ2n) is 2.28. The van der Waals surface area contributed by atoms with Crippen LogP contribution in [0.25, 0.3) is 0 Å². The highest BCUT2D eigenvalue weighted by atomic mass is 79.9. The number of hydrogen-bond donors (Lipinski definition) is 1. The molecule has 5 heteroatoms. The van der Waals surface area contributed by atoms with Crippen LogP contribution in [0.15, 0.2) is 15.9 Å². The van der Waals surface area contributed by atoms with Gasteiger partial charge < -0.3 is 5.73 Å². The number of rotatable bonds is 4. The van der Waals surface area contributed by atoms with E-state index in [4.69, 9.17) is 5.73 Å². The van der Waals surface area contributed by atoms with Crippen molar-refractivity contribution in [1.82, 2.24) is 0 Å². The molecule has 1 rings (SSSR count). The summed E-state index contributed by atoms with van der Waals surface area (Å²) in [5.74, 6) is 1.23. The fourth-order valence-corrected chi connectivity index (χ4v) is 3.52. The molecule has 0 aliphatic rings. The van der Waals surface area contributed by atoms with Gasteiger partial charge in [-0.25, -0.2) is 0 Å². The van der Waals surface area contributed by atoms with Crippen LogP contribution >= 0.6 is 27.3 Å². The quantitative estimate of drug-likeness (QED) is 0.903. The molecule has 1 aromatic rings. The summed E-state index contributed by atoms with van der Waals surface area (Å²) < 4.78 is 12.3. The van der Waals surface area contributed by atoms with Gasteiger partial charge in [0.2, 0.25) is 0 Å². The van der Waals surface area contributed by atoms with Crippen LogP contribution in [-0.4, -0.2) is 16.5 Å². The summed E-state index contributed by atoms with van der Waals surface area (Å²) in [5.41, 5.74) is 5.29. The van der Waals surface area contributed by atoms with E-state index in [0.29, 0.717) is 18.1 Å². The van der Waals surface area contributed by atoms with Crippen LogP contribution in [0.5, 0.6) is 0 Å². The molecule has 1 heterocycles. The van der Waals surface area contributed by atoms with Crippen molar-refractivity contribution in [2.45, 2.75) is 5.75 Å². The first-order valence-corrected chi connectivity index (χ1v) is 6.61. The number of hydrogen-bond acceptors (Lipinski definition) is 3. The third-order valence-electron chi connectivity index (χ3n) is 1.28. The topological polar surface area (TPSA) is 43.1 Å². The van der Waals surface area contributed by atoms with Crippen LogP contribution in [0.1, 0.15) is 4.88 Å². The van der Waals surface area contributed by atoms with Crippen molar-refractivity contribution >= 4 is 38.1 Å². The zero-order valence-electron chi connectivity index (χ0n) is 6.46. The lowest BCUT2D eigenvalue weighted by Crippen LogP contribution is -2.10. The first-order valence-electron chi connectivity index (χ1n) is 3.51. The van der Waals surface area contributed by atoms with Gasteiger partial charge in [-0.15, -0.1) is 11.3 Å². The van der Waals surface area contributed by atoms with E-state index in [1.807, 2.05) is 12.1 Å². The van der Waals surface area contributed by atoms with E-state index in [1.54, 1.807) is 11.3 Å². The monoisotopic (exact) mass is 267 g/mol. The van der Waals surface area contributed by atoms with Crippen molar-refractivity contribution in [2.75, 3.05) is 12.3 Å². The van der Waals surface area contributed by atoms with Gasteiger partial charge in [0.25, 0.3) is 0 Å². The van der Waals surface area contributed by atoms with Gasteiger partial charge in [-0.3, -0.25) is 4.21 Å². The van der Waals surface area contributed by atoms with Gasteiger partial charge in [-0.1, -0.05) is 0 Å². The molecule has 0 aliphatic heterocycles. The second kappa shape index (κ2) is 5.11. The Morgan fingerprint density at radius 2 is 2.33 bits per heavy atom. The molecule has 1 unspecified atom stereocenters. The lowest BCUT2D eigenvalue weighted by Gasteiger charge is -1.95. The predicted molar refractivity (Wildman–Crippen MR) is 57.8 cm³/mol. The van der Waals surface area contributed by atoms with Gasteiger partial charge in [0.15, 0.2) is 0 Å². The SMILES string of the molecule is NCCS(=O)Cc1ccc(Br)s1. The molecule has 1 aromatic heterocycles. The van der Waals surface area contributed by atoms with Crippen LogP contribution in [0.3, 0.4) is 0 Å². The molecule has 0 saturated carbocycles. The van der Waals surface area contributed by atoms with E-state index in [-0.39, 0.29) is 0 Å². The molecule has 0 aromatic carbocycles. The van der Waals surface area contributed by atoms with Gasteiger partial charge >= 0.3 is 0 Å². The average Bonchev–Trinajstić information content (AvgIpc) is 2.36. The third kappa shape index (κ3) is 3.35. The van der Waals surface area contributed by atoms with Gasteiger partial charge in [0, 0.05) is 28.0 Å². The highest BCUT2D eigenvalue weighted by Gasteiger charge is 2.02. The fraction of sp³-hybridized carbons (Fsp3) is 0.429. The molecule has 0 fully saturated rings. The van der Waals surface area contributed by atoms with Gasteiger partial charge in [-0.05, 0) is 28.1 Å². The van der Waals surface area contributed by atoms with E-state index in [1.165, 1.54) is 0 Å². The molecule has 68 valence electrons. The van der Waals surface area contributed by atoms with E-state index < -0.39 is 10.8 Å². The highest BCUT2D eigenvalue weighted by molar-refractivity contribution is 9.11. The van der Waals surface area contributed by atoms with Gasteiger partial charge in [-0.2, -0.15) is 0 Å². The van der Waals surface area contributed by atoms with Crippen molar-refractivity contribution in [3.8, 4) is 0 Å². The molecule has 0 aliphatic carbocycles. The molecule has 2 nitrogen and oxygen atoms in total. The molecule has 1 atom stereocenters. The number of halogens is 1. The third-order valence-corrected chi connectivity index (χ3v) is 4.41. The maximum atomic E-state index is 11.2. The molecule has 0 bridgehead atoms. The largest absolute Gasteiger partial charge is 0.330 e. The minimum absolute atomic E-state index is 0.499. The smallest absolute Gasteiger partial charge is 0.0701 e. The summed E-state index contributed by atoms with van der Waals surface area (Å²) in [5, 5.41) is 0. The first-order chi connectivity index (χ1) is 5.72. The zero-order valence-corrected chi connectivity index (χ0v) is 9.68. The van der Waals surface area contributed by atoms with Crippen LogP contribution in [0.2, 0.25) is 0 Å². The highest BCUT2D eigenvalue weighted by Crippen LogP contribution is 2.22. The Kier molecular flexibility index (Phi) is 4.42. The summed E-state index contributed by atoms with van der Waals surface area (Å²) in [4.78, 5) is 1.15. The van der Waals surface area contributed by atoms with E-state index in [0.717, 1.165) is 8.66 Å². The summed E-state index contributed by atoms with van der Waals surface area (Å²) in [6.45, 7) is 0.499. The maximum absolute atomic E-state index is 11.2. The molecule has 0 amide bonds. The molecular formula is C7H10BrNOS2. The molecule has 0 spiro atoms. The Balaban J connectivity index is 2.46. The lowest BCUT2D eigenvalue weighted by molar-refractivity contribution is 0.682. The van der Waals surface area contributed by atoms with Crippen molar-refractivity contribution in [2.24, 2.45) is 5.73 Å². The predicted octanol–water partition coefficient (Wildman–Crippen LogP) is 1.72. The van der Waals surface area contributed by atoms with Crippen molar-refractivity contribution < 1.29 is 4.21 Å². The van der Waals surface area contributed by atoms with Crippen LogP contribution in [-0.2, 0) is 16.6 Å². The molecular weight excluding hydrogens is 258 g/mol. The van der Waals surface area contributed by atoms with Gasteiger partial charge in [0.05, 0.1) is 9.54 Å². The fourth-order valence-electron chi connectivity index (χ4n) is 0.792. The molecule has 12 heavy (non-hydrogen) atoms. The average molecular weight is 268 g/mol. The standard InChI is InChI=1S/C7H10BrNOS2/c8-7-2-1-6(11-7)5-12(10)4-3-9/h1-2H,3-5,9H2. The summed E-state index contributed by atoms with van der Waals surface area (Å²) in [6.07, 6.45) is 0. The first kappa shape index (κ1) is 10.4. The molecule has 0 saturated heterocycles. The summed E-state index contributed by atoms with van der Waals surface area (Å²) >= 11 is 4.98. The van der Waals surface area contributed by atoms with Crippen molar-refractivity contribution in [3.05, 3.63) is 20.8 Å². The Labute approximate surface area is 86.7 Å². The minimum Gasteiger partial charge on any atom is -0.330 e. The Bertz CT molecular complexity index is 274. The van der Waals surface area contributed by atoms with E-state index >= 15 is 0 Å². The van der Waals surface area contributed by atoms with Crippen LogP contribution in [0.4, 0.5) is 0 Å². The molecule has 0 radical (unpaired) electrons. The van der Waals surface area contributed by atoms with Crippen molar-refractivity contribution in [3.63, 3.8) is 0 Å². The minimum atomic E-state index is -0.793. The van der Waals surface area contributed by atoms with Crippen molar-refractivity contribution in [1.29, 1.82) is 0 Å². The Morgan fingerprint density at radius 3 is 2.83 bits per heavy atom. The normalized spacial score (nSPS) is 13.2. The van der Waals surface area contributed by atoms with E-state index in [9.17, 15) is 4.21 Å². The second-order valence-corrected chi connectivity index (χ2v) is 6.41. The summed E-state index contributed by atoms with van der Waals surface area (Å²) in [7, 11) is -0.793. The number of nitrogens with two attached hydrogens (primary N) is 1. The Morgan fingerprint density at radius 1 is 1.58 bits per heavy atom. The number of thiophene rings is 1.